The van der Waals surface area contributed by atoms with Crippen molar-refractivity contribution in [3.05, 3.63) is 103 Å². The van der Waals surface area contributed by atoms with Gasteiger partial charge < -0.3 is 5.32 Å². The van der Waals surface area contributed by atoms with Gasteiger partial charge in [0.15, 0.2) is 0 Å². The first-order valence-electron chi connectivity index (χ1n) is 10.2. The first kappa shape index (κ1) is 20.0. The van der Waals surface area contributed by atoms with E-state index in [9.17, 15) is 13.2 Å². The molecule has 1 amide bonds. The van der Waals surface area contributed by atoms with Crippen molar-refractivity contribution in [3.8, 4) is 22.3 Å². The molecule has 0 spiro atoms. The first-order valence-corrected chi connectivity index (χ1v) is 11.7. The van der Waals surface area contributed by atoms with E-state index < -0.39 is 15.9 Å². The van der Waals surface area contributed by atoms with Crippen molar-refractivity contribution in [2.24, 2.45) is 0 Å². The van der Waals surface area contributed by atoms with E-state index in [0.717, 1.165) is 16.7 Å². The van der Waals surface area contributed by atoms with Crippen molar-refractivity contribution in [2.75, 3.05) is 16.2 Å². The van der Waals surface area contributed by atoms with Crippen LogP contribution in [0.3, 0.4) is 0 Å². The summed E-state index contributed by atoms with van der Waals surface area (Å²) >= 11 is 0. The fourth-order valence-electron chi connectivity index (χ4n) is 4.03. The largest absolute Gasteiger partial charge is 0.324 e. The van der Waals surface area contributed by atoms with E-state index in [2.05, 4.69) is 5.32 Å². The molecule has 0 saturated carbocycles. The van der Waals surface area contributed by atoms with Crippen LogP contribution in [0.4, 0.5) is 11.4 Å². The molecule has 1 aliphatic rings. The van der Waals surface area contributed by atoms with Crippen molar-refractivity contribution in [1.29, 1.82) is 0 Å². The van der Waals surface area contributed by atoms with Gasteiger partial charge in [-0.2, -0.15) is 0 Å². The monoisotopic (exact) mass is 440 g/mol. The average Bonchev–Trinajstić information content (AvgIpc) is 2.83. The third-order valence-electron chi connectivity index (χ3n) is 5.49. The molecule has 0 unspecified atom stereocenters. The lowest BCUT2D eigenvalue weighted by Crippen LogP contribution is -2.40. The molecule has 4 aromatic carbocycles. The Bertz CT molecular complexity index is 1420. The fraction of sp³-hybridized carbons (Fsp3) is 0.0385. The van der Waals surface area contributed by atoms with Gasteiger partial charge in [0.2, 0.25) is 5.91 Å². The maximum atomic E-state index is 13.4. The molecule has 0 aromatic heterocycles. The molecule has 6 heteroatoms. The summed E-state index contributed by atoms with van der Waals surface area (Å²) in [5.74, 6) is -0.411. The molecule has 32 heavy (non-hydrogen) atoms. The molecule has 0 radical (unpaired) electrons. The number of nitrogens with one attached hydrogen (secondary N) is 1. The number of nitrogens with zero attached hydrogens (tertiary/aromatic N) is 1. The number of para-hydroxylation sites is 2. The fourth-order valence-corrected chi connectivity index (χ4v) is 5.68. The van der Waals surface area contributed by atoms with Crippen LogP contribution in [-0.2, 0) is 14.8 Å². The quantitative estimate of drug-likeness (QED) is 0.476. The van der Waals surface area contributed by atoms with Gasteiger partial charge in [0.05, 0.1) is 10.6 Å². The average molecular weight is 441 g/mol. The number of benzene rings is 4. The van der Waals surface area contributed by atoms with Crippen molar-refractivity contribution >= 4 is 27.3 Å². The minimum absolute atomic E-state index is 0.205. The van der Waals surface area contributed by atoms with Gasteiger partial charge in [-0.15, -0.1) is 0 Å². The Morgan fingerprint density at radius 2 is 1.28 bits per heavy atom. The predicted octanol–water partition coefficient (Wildman–Crippen LogP) is 5.17. The molecule has 158 valence electrons. The highest BCUT2D eigenvalue weighted by Crippen LogP contribution is 2.42. The van der Waals surface area contributed by atoms with E-state index in [-0.39, 0.29) is 11.4 Å². The molecule has 1 N–H and O–H groups in total. The maximum absolute atomic E-state index is 13.4. The summed E-state index contributed by atoms with van der Waals surface area (Å²) in [5.41, 5.74) is 4.40. The molecule has 4 aromatic rings. The second kappa shape index (κ2) is 7.98. The standard InChI is InChI=1S/C26H20N2O3S/c29-26(27-23-15-7-4-12-20(23)19-10-2-1-3-11-19)18-28-24-16-8-5-13-21(24)22-14-6-9-17-25(22)32(28,30)31/h1-17H,18H2,(H,27,29). The summed E-state index contributed by atoms with van der Waals surface area (Å²) in [7, 11) is -3.87. The van der Waals surface area contributed by atoms with Crippen LogP contribution in [0.2, 0.25) is 0 Å². The third-order valence-corrected chi connectivity index (χ3v) is 7.31. The highest BCUT2D eigenvalue weighted by Gasteiger charge is 2.35. The molecule has 1 heterocycles. The Labute approximate surface area is 187 Å². The molecule has 0 bridgehead atoms. The highest BCUT2D eigenvalue weighted by molar-refractivity contribution is 7.93. The minimum Gasteiger partial charge on any atom is -0.324 e. The van der Waals surface area contributed by atoms with E-state index >= 15 is 0 Å². The van der Waals surface area contributed by atoms with E-state index in [1.54, 1.807) is 30.3 Å². The van der Waals surface area contributed by atoms with E-state index in [0.29, 0.717) is 16.9 Å². The number of carbonyl (C=O) groups is 1. The summed E-state index contributed by atoms with van der Waals surface area (Å²) in [6.07, 6.45) is 0. The smallest absolute Gasteiger partial charge is 0.265 e. The van der Waals surface area contributed by atoms with Crippen LogP contribution >= 0.6 is 0 Å². The van der Waals surface area contributed by atoms with Gasteiger partial charge >= 0.3 is 0 Å². The number of carbonyl (C=O) groups excluding carboxylic acids is 1. The van der Waals surface area contributed by atoms with Crippen LogP contribution in [0.1, 0.15) is 0 Å². The number of anilines is 2. The Morgan fingerprint density at radius 1 is 0.688 bits per heavy atom. The lowest BCUT2D eigenvalue weighted by atomic mass is 10.0. The lowest BCUT2D eigenvalue weighted by Gasteiger charge is -2.31. The normalized spacial score (nSPS) is 13.7. The molecule has 0 aliphatic carbocycles. The predicted molar refractivity (Wildman–Crippen MR) is 127 cm³/mol. The molecule has 0 atom stereocenters. The SMILES string of the molecule is O=C(CN1c2ccccc2-c2ccccc2S1(=O)=O)Nc1ccccc1-c1ccccc1. The number of hydrogen-bond donors (Lipinski definition) is 1. The molecular weight excluding hydrogens is 420 g/mol. The second-order valence-corrected chi connectivity index (χ2v) is 9.32. The number of hydrogen-bond acceptors (Lipinski definition) is 3. The van der Waals surface area contributed by atoms with Gasteiger partial charge in [0.25, 0.3) is 10.0 Å². The summed E-state index contributed by atoms with van der Waals surface area (Å²) < 4.78 is 28.0. The van der Waals surface area contributed by atoms with Gasteiger partial charge in [-0.1, -0.05) is 84.9 Å². The Balaban J connectivity index is 1.49. The van der Waals surface area contributed by atoms with Gasteiger partial charge in [-0.05, 0) is 23.8 Å². The Morgan fingerprint density at radius 3 is 2.06 bits per heavy atom. The van der Waals surface area contributed by atoms with Crippen LogP contribution in [0, 0.1) is 0 Å². The van der Waals surface area contributed by atoms with Crippen LogP contribution in [0.25, 0.3) is 22.3 Å². The maximum Gasteiger partial charge on any atom is 0.265 e. The highest BCUT2D eigenvalue weighted by atomic mass is 32.2. The van der Waals surface area contributed by atoms with Crippen molar-refractivity contribution in [1.82, 2.24) is 0 Å². The van der Waals surface area contributed by atoms with Gasteiger partial charge in [0, 0.05) is 22.4 Å². The van der Waals surface area contributed by atoms with Crippen molar-refractivity contribution in [2.45, 2.75) is 4.90 Å². The zero-order valence-corrected chi connectivity index (χ0v) is 17.9. The molecular formula is C26H20N2O3S. The minimum atomic E-state index is -3.87. The number of sulfonamides is 1. The van der Waals surface area contributed by atoms with Crippen LogP contribution in [0.5, 0.6) is 0 Å². The summed E-state index contributed by atoms with van der Waals surface area (Å²) in [4.78, 5) is 13.3. The molecule has 1 aliphatic heterocycles. The van der Waals surface area contributed by atoms with E-state index in [4.69, 9.17) is 0 Å². The number of fused-ring (bicyclic) bond motifs is 3. The lowest BCUT2D eigenvalue weighted by molar-refractivity contribution is -0.114. The van der Waals surface area contributed by atoms with Crippen LogP contribution in [-0.4, -0.2) is 20.9 Å². The number of rotatable bonds is 4. The summed E-state index contributed by atoms with van der Waals surface area (Å²) in [5, 5.41) is 2.90. The zero-order valence-electron chi connectivity index (χ0n) is 17.1. The number of amides is 1. The topological polar surface area (TPSA) is 66.5 Å². The van der Waals surface area contributed by atoms with E-state index in [1.807, 2.05) is 72.8 Å². The van der Waals surface area contributed by atoms with Crippen LogP contribution in [0.15, 0.2) is 108 Å². The molecule has 0 fully saturated rings. The molecule has 5 nitrogen and oxygen atoms in total. The zero-order chi connectivity index (χ0) is 22.1. The Hall–Kier alpha value is -3.90. The Kier molecular flexibility index (Phi) is 4.99. The third kappa shape index (κ3) is 3.44. The molecule has 5 rings (SSSR count). The van der Waals surface area contributed by atoms with Gasteiger partial charge in [0.1, 0.15) is 6.54 Å². The summed E-state index contributed by atoms with van der Waals surface area (Å²) in [6.45, 7) is -0.323. The summed E-state index contributed by atoms with van der Waals surface area (Å²) in [6, 6.07) is 31.3. The van der Waals surface area contributed by atoms with Crippen molar-refractivity contribution in [3.63, 3.8) is 0 Å². The molecule has 0 saturated heterocycles. The second-order valence-electron chi connectivity index (χ2n) is 7.48. The van der Waals surface area contributed by atoms with E-state index in [1.165, 1.54) is 4.31 Å². The van der Waals surface area contributed by atoms with Crippen LogP contribution < -0.4 is 9.62 Å². The van der Waals surface area contributed by atoms with Gasteiger partial charge in [-0.25, -0.2) is 8.42 Å². The van der Waals surface area contributed by atoms with Gasteiger partial charge in [-0.3, -0.25) is 9.10 Å². The first-order chi connectivity index (χ1) is 15.6. The van der Waals surface area contributed by atoms with Crippen molar-refractivity contribution < 1.29 is 13.2 Å².